The first-order valence-electron chi connectivity index (χ1n) is 4.29. The van der Waals surface area contributed by atoms with Crippen LogP contribution in [0, 0.1) is 0 Å². The molecule has 2 aromatic rings. The standard InChI is InChI=1S/C9H10NO4P/c11-15(12,13)14-6-7-5-10-9-4-2-1-3-8(7)9/h1-5,10H,6H2,(H2,11,12,13)/p-1. The second kappa shape index (κ2) is 3.79. The van der Waals surface area contributed by atoms with Crippen LogP contribution in [0.15, 0.2) is 30.5 Å². The number of nitrogens with one attached hydrogen (secondary N) is 1. The molecule has 0 bridgehead atoms. The summed E-state index contributed by atoms with van der Waals surface area (Å²) in [6.07, 6.45) is 1.65. The Hall–Kier alpha value is -1.13. The van der Waals surface area contributed by atoms with E-state index in [0.29, 0.717) is 5.56 Å². The molecule has 0 aliphatic carbocycles. The van der Waals surface area contributed by atoms with E-state index in [1.54, 1.807) is 6.20 Å². The molecule has 15 heavy (non-hydrogen) atoms. The highest BCUT2D eigenvalue weighted by molar-refractivity contribution is 7.44. The van der Waals surface area contributed by atoms with Gasteiger partial charge >= 0.3 is 0 Å². The first-order valence-corrected chi connectivity index (χ1v) is 5.79. The van der Waals surface area contributed by atoms with Gasteiger partial charge in [-0.3, -0.25) is 4.57 Å². The van der Waals surface area contributed by atoms with Gasteiger partial charge in [-0.15, -0.1) is 0 Å². The molecule has 0 aliphatic heterocycles. The van der Waals surface area contributed by atoms with Crippen LogP contribution in [0.25, 0.3) is 10.9 Å². The molecule has 1 heterocycles. The van der Waals surface area contributed by atoms with Crippen molar-refractivity contribution in [3.63, 3.8) is 0 Å². The third-order valence-electron chi connectivity index (χ3n) is 2.06. The average molecular weight is 226 g/mol. The predicted octanol–water partition coefficient (Wildman–Crippen LogP) is 1.15. The van der Waals surface area contributed by atoms with Gasteiger partial charge in [0.1, 0.15) is 0 Å². The maximum Gasteiger partial charge on any atom is 0.265 e. The Morgan fingerprint density at radius 1 is 1.47 bits per heavy atom. The second-order valence-corrected chi connectivity index (χ2v) is 4.30. The van der Waals surface area contributed by atoms with Gasteiger partial charge in [-0.05, 0) is 6.07 Å². The molecule has 0 amide bonds. The van der Waals surface area contributed by atoms with Gasteiger partial charge in [0, 0.05) is 22.7 Å². The molecule has 1 aromatic heterocycles. The van der Waals surface area contributed by atoms with Crippen LogP contribution in [0.2, 0.25) is 0 Å². The molecule has 0 saturated heterocycles. The molecule has 1 atom stereocenters. The van der Waals surface area contributed by atoms with Crippen LogP contribution >= 0.6 is 7.82 Å². The van der Waals surface area contributed by atoms with Crippen molar-refractivity contribution in [1.29, 1.82) is 0 Å². The van der Waals surface area contributed by atoms with Crippen molar-refractivity contribution in [2.45, 2.75) is 6.61 Å². The van der Waals surface area contributed by atoms with E-state index < -0.39 is 7.82 Å². The Kier molecular flexibility index (Phi) is 2.63. The second-order valence-electron chi connectivity index (χ2n) is 3.10. The molecule has 1 unspecified atom stereocenters. The number of aromatic amines is 1. The van der Waals surface area contributed by atoms with E-state index in [9.17, 15) is 9.46 Å². The van der Waals surface area contributed by atoms with Crippen molar-refractivity contribution in [3.8, 4) is 0 Å². The lowest BCUT2D eigenvalue weighted by atomic mass is 10.2. The summed E-state index contributed by atoms with van der Waals surface area (Å²) in [4.78, 5) is 21.8. The van der Waals surface area contributed by atoms with Gasteiger partial charge in [0.05, 0.1) is 6.61 Å². The van der Waals surface area contributed by atoms with E-state index in [1.807, 2.05) is 24.3 Å². The molecule has 0 fully saturated rings. The van der Waals surface area contributed by atoms with Gasteiger partial charge < -0.3 is 19.3 Å². The molecule has 80 valence electrons. The highest BCUT2D eigenvalue weighted by atomic mass is 31.2. The molecule has 6 heteroatoms. The monoisotopic (exact) mass is 226 g/mol. The maximum absolute atomic E-state index is 10.4. The molecule has 0 spiro atoms. The molecule has 1 aromatic carbocycles. The van der Waals surface area contributed by atoms with E-state index >= 15 is 0 Å². The van der Waals surface area contributed by atoms with Crippen LogP contribution in [0.3, 0.4) is 0 Å². The summed E-state index contributed by atoms with van der Waals surface area (Å²) >= 11 is 0. The summed E-state index contributed by atoms with van der Waals surface area (Å²) < 4.78 is 14.7. The average Bonchev–Trinajstić information content (AvgIpc) is 2.57. The highest BCUT2D eigenvalue weighted by Gasteiger charge is 2.06. The lowest BCUT2D eigenvalue weighted by Crippen LogP contribution is -2.02. The van der Waals surface area contributed by atoms with Crippen LogP contribution in [-0.2, 0) is 15.7 Å². The molecule has 0 saturated carbocycles. The third-order valence-corrected chi connectivity index (χ3v) is 2.51. The van der Waals surface area contributed by atoms with Crippen molar-refractivity contribution in [2.75, 3.05) is 0 Å². The quantitative estimate of drug-likeness (QED) is 0.768. The normalized spacial score (nSPS) is 15.3. The molecule has 2 N–H and O–H groups in total. The van der Waals surface area contributed by atoms with Crippen LogP contribution in [0.4, 0.5) is 0 Å². The number of phosphoric acid groups is 1. The summed E-state index contributed by atoms with van der Waals surface area (Å²) in [5.74, 6) is 0. The molecule has 2 rings (SSSR count). The Labute approximate surface area is 85.9 Å². The van der Waals surface area contributed by atoms with Crippen molar-refractivity contribution < 1.29 is 18.9 Å². The zero-order valence-corrected chi connectivity index (χ0v) is 8.61. The van der Waals surface area contributed by atoms with E-state index in [0.717, 1.165) is 10.9 Å². The van der Waals surface area contributed by atoms with E-state index in [1.165, 1.54) is 0 Å². The number of rotatable bonds is 3. The molecule has 0 aliphatic rings. The zero-order chi connectivity index (χ0) is 10.9. The summed E-state index contributed by atoms with van der Waals surface area (Å²) in [6.45, 7) is -0.165. The predicted molar refractivity (Wildman–Crippen MR) is 52.9 cm³/mol. The fraction of sp³-hybridized carbons (Fsp3) is 0.111. The molecule has 0 radical (unpaired) electrons. The fourth-order valence-corrected chi connectivity index (χ4v) is 1.70. The van der Waals surface area contributed by atoms with Crippen LogP contribution in [-0.4, -0.2) is 9.88 Å². The van der Waals surface area contributed by atoms with Crippen LogP contribution in [0.5, 0.6) is 0 Å². The number of phosphoric ester groups is 1. The maximum atomic E-state index is 10.4. The van der Waals surface area contributed by atoms with E-state index in [2.05, 4.69) is 9.51 Å². The van der Waals surface area contributed by atoms with Gasteiger partial charge in [-0.1, -0.05) is 18.2 Å². The first kappa shape index (κ1) is 10.4. The van der Waals surface area contributed by atoms with Gasteiger partial charge in [0.2, 0.25) is 0 Å². The number of para-hydroxylation sites is 1. The Morgan fingerprint density at radius 2 is 2.20 bits per heavy atom. The first-order chi connectivity index (χ1) is 7.06. The largest absolute Gasteiger partial charge is 0.756 e. The smallest absolute Gasteiger partial charge is 0.265 e. The lowest BCUT2D eigenvalue weighted by Gasteiger charge is -2.14. The highest BCUT2D eigenvalue weighted by Crippen LogP contribution is 2.32. The lowest BCUT2D eigenvalue weighted by molar-refractivity contribution is -0.220. The summed E-state index contributed by atoms with van der Waals surface area (Å²) in [5, 5.41) is 0.881. The van der Waals surface area contributed by atoms with Crippen molar-refractivity contribution in [3.05, 3.63) is 36.0 Å². The molecular formula is C9H9NO4P-. The molecular weight excluding hydrogens is 217 g/mol. The number of aromatic nitrogens is 1. The van der Waals surface area contributed by atoms with Crippen molar-refractivity contribution in [2.24, 2.45) is 0 Å². The SMILES string of the molecule is O=P([O-])(O)OCc1c[nH]c2ccccc12. The van der Waals surface area contributed by atoms with Gasteiger partial charge in [-0.2, -0.15) is 0 Å². The zero-order valence-electron chi connectivity index (χ0n) is 7.71. The Balaban J connectivity index is 2.25. The topological polar surface area (TPSA) is 85.4 Å². The summed E-state index contributed by atoms with van der Waals surface area (Å²) in [5.41, 5.74) is 1.59. The van der Waals surface area contributed by atoms with Crippen LogP contribution in [0.1, 0.15) is 5.56 Å². The Bertz CT molecular complexity index is 516. The minimum Gasteiger partial charge on any atom is -0.756 e. The molecule has 5 nitrogen and oxygen atoms in total. The number of hydrogen-bond donors (Lipinski definition) is 2. The Morgan fingerprint density at radius 3 is 2.93 bits per heavy atom. The third kappa shape index (κ3) is 2.46. The number of H-pyrrole nitrogens is 1. The summed E-state index contributed by atoms with van der Waals surface area (Å²) in [7, 11) is -4.65. The van der Waals surface area contributed by atoms with Crippen molar-refractivity contribution >= 4 is 18.7 Å². The summed E-state index contributed by atoms with van der Waals surface area (Å²) in [6, 6.07) is 7.43. The minimum atomic E-state index is -4.65. The number of fused-ring (bicyclic) bond motifs is 1. The van der Waals surface area contributed by atoms with Crippen LogP contribution < -0.4 is 4.89 Å². The van der Waals surface area contributed by atoms with Gasteiger partial charge in [0.25, 0.3) is 7.82 Å². The van der Waals surface area contributed by atoms with Crippen molar-refractivity contribution in [1.82, 2.24) is 4.98 Å². The fourth-order valence-electron chi connectivity index (χ4n) is 1.40. The van der Waals surface area contributed by atoms with E-state index in [4.69, 9.17) is 4.89 Å². The van der Waals surface area contributed by atoms with E-state index in [-0.39, 0.29) is 6.61 Å². The number of benzene rings is 1. The number of hydrogen-bond acceptors (Lipinski definition) is 3. The minimum absolute atomic E-state index is 0.165. The van der Waals surface area contributed by atoms with Gasteiger partial charge in [0.15, 0.2) is 0 Å². The van der Waals surface area contributed by atoms with Gasteiger partial charge in [-0.25, -0.2) is 0 Å².